The highest BCUT2D eigenvalue weighted by Gasteiger charge is 2.71. The molecule has 0 radical (unpaired) electrons. The van der Waals surface area contributed by atoms with Gasteiger partial charge >= 0.3 is 0 Å². The average molecular weight is 469 g/mol. The zero-order valence-electron chi connectivity index (χ0n) is 17.0. The fourth-order valence-electron chi connectivity index (χ4n) is 4.73. The molecular formula is C25H16ClF3N2O2. The molecule has 0 bridgehead atoms. The van der Waals surface area contributed by atoms with Crippen LogP contribution in [0.4, 0.5) is 13.2 Å². The molecule has 4 aromatic rings. The van der Waals surface area contributed by atoms with E-state index in [1.165, 1.54) is 12.1 Å². The third-order valence-corrected chi connectivity index (χ3v) is 6.59. The van der Waals surface area contributed by atoms with Crippen molar-refractivity contribution >= 4 is 11.6 Å². The van der Waals surface area contributed by atoms with Crippen molar-refractivity contribution < 1.29 is 22.3 Å². The quantitative estimate of drug-likeness (QED) is 0.336. The highest BCUT2D eigenvalue weighted by molar-refractivity contribution is 6.30. The summed E-state index contributed by atoms with van der Waals surface area (Å²) in [7, 11) is 0. The van der Waals surface area contributed by atoms with Gasteiger partial charge in [-0.2, -0.15) is 0 Å². The first-order valence-electron chi connectivity index (χ1n) is 10.4. The molecule has 2 aliphatic rings. The summed E-state index contributed by atoms with van der Waals surface area (Å²) in [5.41, 5.74) is 2.99. The van der Waals surface area contributed by atoms with Gasteiger partial charge in [0.2, 0.25) is 11.8 Å². The van der Waals surface area contributed by atoms with E-state index in [2.05, 4.69) is 10.2 Å². The maximum absolute atomic E-state index is 14.7. The SMILES string of the molecule is Fc1cc(-c2nnc(COC3c4ccccc4C4C(c5ccccc53)C4(F)F)o2)ccc1Cl. The van der Waals surface area contributed by atoms with Gasteiger partial charge in [0.25, 0.3) is 5.92 Å². The minimum absolute atomic E-state index is 0.00357. The van der Waals surface area contributed by atoms with E-state index in [0.717, 1.165) is 0 Å². The van der Waals surface area contributed by atoms with Crippen molar-refractivity contribution in [3.63, 3.8) is 0 Å². The van der Waals surface area contributed by atoms with Gasteiger partial charge in [-0.15, -0.1) is 10.2 Å². The Morgan fingerprint density at radius 3 is 2.09 bits per heavy atom. The van der Waals surface area contributed by atoms with Gasteiger partial charge in [-0.1, -0.05) is 60.1 Å². The number of aromatic nitrogens is 2. The van der Waals surface area contributed by atoms with Crippen molar-refractivity contribution in [2.24, 2.45) is 0 Å². The van der Waals surface area contributed by atoms with Gasteiger partial charge < -0.3 is 9.15 Å². The second-order valence-electron chi connectivity index (χ2n) is 8.21. The molecule has 2 atom stereocenters. The van der Waals surface area contributed by atoms with E-state index in [1.54, 1.807) is 30.3 Å². The summed E-state index contributed by atoms with van der Waals surface area (Å²) in [6.45, 7) is -0.0396. The number of nitrogens with zero attached hydrogens (tertiary/aromatic N) is 2. The van der Waals surface area contributed by atoms with Crippen molar-refractivity contribution in [3.8, 4) is 11.5 Å². The fraction of sp³-hybridized carbons (Fsp3) is 0.200. The van der Waals surface area contributed by atoms with Crippen LogP contribution in [-0.2, 0) is 11.3 Å². The number of halogens is 4. The zero-order valence-corrected chi connectivity index (χ0v) is 17.8. The lowest BCUT2D eigenvalue weighted by Crippen LogP contribution is -2.12. The number of hydrogen-bond acceptors (Lipinski definition) is 4. The molecule has 1 fully saturated rings. The Kier molecular flexibility index (Phi) is 4.61. The lowest BCUT2D eigenvalue weighted by molar-refractivity contribution is 0.0498. The molecule has 4 nitrogen and oxygen atoms in total. The Bertz CT molecular complexity index is 1320. The van der Waals surface area contributed by atoms with Crippen LogP contribution >= 0.6 is 11.6 Å². The zero-order chi connectivity index (χ0) is 22.7. The molecule has 1 aromatic heterocycles. The van der Waals surface area contributed by atoms with Gasteiger partial charge in [0, 0.05) is 5.56 Å². The molecule has 0 aliphatic heterocycles. The summed E-state index contributed by atoms with van der Waals surface area (Å²) in [5, 5.41) is 7.95. The van der Waals surface area contributed by atoms with Crippen LogP contribution in [-0.4, -0.2) is 16.1 Å². The van der Waals surface area contributed by atoms with Crippen LogP contribution in [0.3, 0.4) is 0 Å². The monoisotopic (exact) mass is 468 g/mol. The average Bonchev–Trinajstić information content (AvgIpc) is 3.14. The van der Waals surface area contributed by atoms with Crippen LogP contribution in [0.25, 0.3) is 11.5 Å². The minimum atomic E-state index is -2.79. The number of benzene rings is 3. The van der Waals surface area contributed by atoms with Crippen molar-refractivity contribution in [2.75, 3.05) is 0 Å². The largest absolute Gasteiger partial charge is 0.418 e. The number of rotatable bonds is 4. The van der Waals surface area contributed by atoms with E-state index in [1.807, 2.05) is 24.3 Å². The predicted octanol–water partition coefficient (Wildman–Crippen LogP) is 6.67. The molecule has 8 heteroatoms. The Hall–Kier alpha value is -3.16. The van der Waals surface area contributed by atoms with Gasteiger partial charge in [0.05, 0.1) is 16.9 Å². The Balaban J connectivity index is 1.32. The van der Waals surface area contributed by atoms with Gasteiger partial charge in [-0.3, -0.25) is 0 Å². The molecule has 3 aromatic carbocycles. The first kappa shape index (κ1) is 20.4. The normalized spacial score (nSPS) is 22.1. The maximum atomic E-state index is 14.7. The lowest BCUT2D eigenvalue weighted by atomic mass is 9.94. The van der Waals surface area contributed by atoms with Crippen LogP contribution in [0.2, 0.25) is 5.02 Å². The summed E-state index contributed by atoms with van der Waals surface area (Å²) >= 11 is 5.73. The Morgan fingerprint density at radius 2 is 1.48 bits per heavy atom. The first-order valence-corrected chi connectivity index (χ1v) is 10.8. The van der Waals surface area contributed by atoms with E-state index in [-0.39, 0.29) is 23.4 Å². The second-order valence-corrected chi connectivity index (χ2v) is 8.62. The summed E-state index contributed by atoms with van der Waals surface area (Å²) in [6.07, 6.45) is -0.565. The van der Waals surface area contributed by atoms with Crippen LogP contribution in [0.5, 0.6) is 0 Å². The van der Waals surface area contributed by atoms with E-state index >= 15 is 0 Å². The van der Waals surface area contributed by atoms with E-state index in [9.17, 15) is 13.2 Å². The third kappa shape index (κ3) is 3.26. The van der Waals surface area contributed by atoms with Gasteiger partial charge in [-0.25, -0.2) is 13.2 Å². The fourth-order valence-corrected chi connectivity index (χ4v) is 4.84. The molecule has 33 heavy (non-hydrogen) atoms. The number of hydrogen-bond donors (Lipinski definition) is 0. The lowest BCUT2D eigenvalue weighted by Gasteiger charge is -2.22. The Labute approximate surface area is 192 Å². The molecule has 6 rings (SSSR count). The standard InChI is InChI=1S/C25H16ClF3N2O2/c26-18-10-9-13(11-19(18)27)24-31-30-20(33-24)12-32-23-16-7-3-1-5-14(16)21-22(25(21,28)29)15-6-2-4-8-17(15)23/h1-11,21-23H,12H2. The summed E-state index contributed by atoms with van der Waals surface area (Å²) in [5.74, 6) is -4.78. The van der Waals surface area contributed by atoms with Crippen LogP contribution in [0.15, 0.2) is 71.1 Å². The summed E-state index contributed by atoms with van der Waals surface area (Å²) < 4.78 is 55.1. The third-order valence-electron chi connectivity index (χ3n) is 6.29. The van der Waals surface area contributed by atoms with Crippen molar-refractivity contribution in [1.29, 1.82) is 0 Å². The molecule has 1 saturated carbocycles. The van der Waals surface area contributed by atoms with Crippen LogP contribution in [0, 0.1) is 5.82 Å². The number of alkyl halides is 2. The molecule has 2 unspecified atom stereocenters. The smallest absolute Gasteiger partial charge is 0.263 e. The molecule has 0 N–H and O–H groups in total. The van der Waals surface area contributed by atoms with Crippen molar-refractivity contribution in [1.82, 2.24) is 10.2 Å². The Morgan fingerprint density at radius 1 is 0.879 bits per heavy atom. The molecular weight excluding hydrogens is 453 g/mol. The van der Waals surface area contributed by atoms with Gasteiger partial charge in [-0.05, 0) is 40.5 Å². The van der Waals surface area contributed by atoms with Crippen molar-refractivity contribution in [3.05, 3.63) is 106 Å². The molecule has 0 saturated heterocycles. The molecule has 0 spiro atoms. The summed E-state index contributed by atoms with van der Waals surface area (Å²) in [6, 6.07) is 18.5. The van der Waals surface area contributed by atoms with Crippen LogP contribution in [0.1, 0.15) is 46.1 Å². The maximum Gasteiger partial charge on any atom is 0.263 e. The van der Waals surface area contributed by atoms with Crippen molar-refractivity contribution in [2.45, 2.75) is 30.5 Å². The highest BCUT2D eigenvalue weighted by atomic mass is 35.5. The molecule has 2 aliphatic carbocycles. The van der Waals surface area contributed by atoms with E-state index in [0.29, 0.717) is 27.8 Å². The number of ether oxygens (including phenoxy) is 1. The highest BCUT2D eigenvalue weighted by Crippen LogP contribution is 2.70. The minimum Gasteiger partial charge on any atom is -0.418 e. The van der Waals surface area contributed by atoms with E-state index in [4.69, 9.17) is 20.8 Å². The first-order chi connectivity index (χ1) is 15.9. The van der Waals surface area contributed by atoms with Crippen LogP contribution < -0.4 is 0 Å². The molecule has 0 amide bonds. The van der Waals surface area contributed by atoms with E-state index < -0.39 is 29.7 Å². The molecule has 166 valence electrons. The summed E-state index contributed by atoms with van der Waals surface area (Å²) in [4.78, 5) is 0. The topological polar surface area (TPSA) is 48.2 Å². The molecule has 1 heterocycles. The predicted molar refractivity (Wildman–Crippen MR) is 115 cm³/mol. The van der Waals surface area contributed by atoms with Gasteiger partial charge in [0.1, 0.15) is 18.5 Å². The number of fused-ring (bicyclic) bond motifs is 5. The second kappa shape index (κ2) is 7.43. The van der Waals surface area contributed by atoms with Gasteiger partial charge in [0.15, 0.2) is 0 Å².